The van der Waals surface area contributed by atoms with Gasteiger partial charge in [0.25, 0.3) is 0 Å². The summed E-state index contributed by atoms with van der Waals surface area (Å²) in [7, 11) is 0. The first kappa shape index (κ1) is 16.4. The molecular formula is C20H28O3. The zero-order chi connectivity index (χ0) is 17.0. The van der Waals surface area contributed by atoms with Crippen LogP contribution in [-0.2, 0) is 16.6 Å². The van der Waals surface area contributed by atoms with Crippen LogP contribution < -0.4 is 0 Å². The first-order valence-corrected chi connectivity index (χ1v) is 8.80. The van der Waals surface area contributed by atoms with Crippen molar-refractivity contribution in [3.8, 4) is 5.75 Å². The molecule has 23 heavy (non-hydrogen) atoms. The lowest BCUT2D eigenvalue weighted by molar-refractivity contribution is -0.157. The van der Waals surface area contributed by atoms with E-state index in [1.807, 2.05) is 13.0 Å². The van der Waals surface area contributed by atoms with Gasteiger partial charge in [-0.3, -0.25) is 4.79 Å². The number of phenolic OH excluding ortho intramolecular Hbond substituents is 1. The second kappa shape index (κ2) is 5.25. The Balaban J connectivity index is 2.17. The van der Waals surface area contributed by atoms with Crippen LogP contribution in [0.1, 0.15) is 76.0 Å². The first-order valence-electron chi connectivity index (χ1n) is 8.80. The molecule has 0 bridgehead atoms. The van der Waals surface area contributed by atoms with Crippen LogP contribution in [0, 0.1) is 11.3 Å². The van der Waals surface area contributed by atoms with Gasteiger partial charge >= 0.3 is 5.97 Å². The number of carboxylic acid groups (broad SMARTS) is 1. The maximum absolute atomic E-state index is 12.0. The Morgan fingerprint density at radius 3 is 2.57 bits per heavy atom. The Hall–Kier alpha value is -1.51. The number of aromatic hydroxyl groups is 1. The molecule has 0 spiro atoms. The van der Waals surface area contributed by atoms with Gasteiger partial charge in [0.05, 0.1) is 5.41 Å². The SMILES string of the molecule is CC(C)c1c(O)ccc2c1CC[C@@H]1[C@](C)(C(=O)O)CCC[C@@]21C. The average molecular weight is 316 g/mol. The van der Waals surface area contributed by atoms with Gasteiger partial charge in [-0.05, 0) is 72.6 Å². The van der Waals surface area contributed by atoms with Crippen molar-refractivity contribution in [1.82, 2.24) is 0 Å². The molecule has 2 aliphatic rings. The van der Waals surface area contributed by atoms with Crippen molar-refractivity contribution in [2.75, 3.05) is 0 Å². The molecular weight excluding hydrogens is 288 g/mol. The topological polar surface area (TPSA) is 57.5 Å². The zero-order valence-corrected chi connectivity index (χ0v) is 14.6. The summed E-state index contributed by atoms with van der Waals surface area (Å²) < 4.78 is 0. The predicted molar refractivity (Wildman–Crippen MR) is 91.0 cm³/mol. The number of fused-ring (bicyclic) bond motifs is 3. The molecule has 1 saturated carbocycles. The van der Waals surface area contributed by atoms with Crippen molar-refractivity contribution >= 4 is 5.97 Å². The second-order valence-corrected chi connectivity index (χ2v) is 8.26. The molecule has 0 heterocycles. The maximum Gasteiger partial charge on any atom is 0.309 e. The molecule has 3 rings (SSSR count). The summed E-state index contributed by atoms with van der Waals surface area (Å²) in [5.41, 5.74) is 2.87. The van der Waals surface area contributed by atoms with E-state index in [0.29, 0.717) is 5.75 Å². The molecule has 1 aromatic rings. The lowest BCUT2D eigenvalue weighted by atomic mass is 9.49. The van der Waals surface area contributed by atoms with Crippen LogP contribution in [-0.4, -0.2) is 16.2 Å². The molecule has 0 unspecified atom stereocenters. The van der Waals surface area contributed by atoms with E-state index in [2.05, 4.69) is 26.8 Å². The highest BCUT2D eigenvalue weighted by molar-refractivity contribution is 5.75. The first-order chi connectivity index (χ1) is 10.7. The molecule has 0 aromatic heterocycles. The lowest BCUT2D eigenvalue weighted by Gasteiger charge is -2.54. The minimum atomic E-state index is -0.653. The van der Waals surface area contributed by atoms with E-state index < -0.39 is 11.4 Å². The number of aliphatic carboxylic acids is 1. The fourth-order valence-corrected chi connectivity index (χ4v) is 5.48. The van der Waals surface area contributed by atoms with Gasteiger partial charge in [-0.2, -0.15) is 0 Å². The Morgan fingerprint density at radius 1 is 1.26 bits per heavy atom. The molecule has 0 saturated heterocycles. The molecule has 0 aliphatic heterocycles. The van der Waals surface area contributed by atoms with E-state index >= 15 is 0 Å². The number of hydrogen-bond acceptors (Lipinski definition) is 2. The summed E-state index contributed by atoms with van der Waals surface area (Å²) in [5.74, 6) is 0.176. The Kier molecular flexibility index (Phi) is 3.74. The predicted octanol–water partition coefficient (Wildman–Crippen LogP) is 4.61. The van der Waals surface area contributed by atoms with E-state index in [4.69, 9.17) is 0 Å². The van der Waals surface area contributed by atoms with Gasteiger partial charge in [-0.1, -0.05) is 33.3 Å². The molecule has 1 fully saturated rings. The third-order valence-corrected chi connectivity index (χ3v) is 6.63. The van der Waals surface area contributed by atoms with Crippen LogP contribution in [0.15, 0.2) is 12.1 Å². The maximum atomic E-state index is 12.0. The van der Waals surface area contributed by atoms with Crippen LogP contribution in [0.5, 0.6) is 5.75 Å². The summed E-state index contributed by atoms with van der Waals surface area (Å²) in [6.45, 7) is 8.42. The summed E-state index contributed by atoms with van der Waals surface area (Å²) in [5, 5.41) is 20.2. The summed E-state index contributed by atoms with van der Waals surface area (Å²) in [6.07, 6.45) is 4.53. The van der Waals surface area contributed by atoms with Gasteiger partial charge < -0.3 is 10.2 Å². The monoisotopic (exact) mass is 316 g/mol. The van der Waals surface area contributed by atoms with Crippen molar-refractivity contribution in [1.29, 1.82) is 0 Å². The minimum absolute atomic E-state index is 0.101. The van der Waals surface area contributed by atoms with E-state index in [1.54, 1.807) is 0 Å². The van der Waals surface area contributed by atoms with Crippen LogP contribution in [0.2, 0.25) is 0 Å². The molecule has 2 N–H and O–H groups in total. The number of carbonyl (C=O) groups is 1. The zero-order valence-electron chi connectivity index (χ0n) is 14.6. The van der Waals surface area contributed by atoms with Gasteiger partial charge in [0.1, 0.15) is 5.75 Å². The summed E-state index contributed by atoms with van der Waals surface area (Å²) in [4.78, 5) is 12.0. The summed E-state index contributed by atoms with van der Waals surface area (Å²) in [6, 6.07) is 3.87. The van der Waals surface area contributed by atoms with E-state index in [0.717, 1.165) is 37.7 Å². The second-order valence-electron chi connectivity index (χ2n) is 8.26. The van der Waals surface area contributed by atoms with Crippen molar-refractivity contribution in [3.63, 3.8) is 0 Å². The number of benzene rings is 1. The normalized spacial score (nSPS) is 33.2. The highest BCUT2D eigenvalue weighted by Gasteiger charge is 2.55. The number of phenols is 1. The number of carboxylic acids is 1. The van der Waals surface area contributed by atoms with Gasteiger partial charge in [-0.25, -0.2) is 0 Å². The third-order valence-electron chi connectivity index (χ3n) is 6.63. The van der Waals surface area contributed by atoms with E-state index in [1.165, 1.54) is 11.1 Å². The van der Waals surface area contributed by atoms with Crippen LogP contribution >= 0.6 is 0 Å². The Labute approximate surface area is 138 Å². The Morgan fingerprint density at radius 2 is 1.96 bits per heavy atom. The lowest BCUT2D eigenvalue weighted by Crippen LogP contribution is -2.52. The highest BCUT2D eigenvalue weighted by Crippen LogP contribution is 2.58. The van der Waals surface area contributed by atoms with Crippen molar-refractivity contribution in [3.05, 3.63) is 28.8 Å². The molecule has 126 valence electrons. The molecule has 2 aliphatic carbocycles. The molecule has 3 heteroatoms. The van der Waals surface area contributed by atoms with Gasteiger partial charge in [0.2, 0.25) is 0 Å². The van der Waals surface area contributed by atoms with E-state index in [-0.39, 0.29) is 17.3 Å². The average Bonchev–Trinajstić information content (AvgIpc) is 2.45. The van der Waals surface area contributed by atoms with E-state index in [9.17, 15) is 15.0 Å². The smallest absolute Gasteiger partial charge is 0.309 e. The largest absolute Gasteiger partial charge is 0.508 e. The minimum Gasteiger partial charge on any atom is -0.508 e. The molecule has 1 aromatic carbocycles. The van der Waals surface area contributed by atoms with Crippen molar-refractivity contribution < 1.29 is 15.0 Å². The fraction of sp³-hybridized carbons (Fsp3) is 0.650. The van der Waals surface area contributed by atoms with Gasteiger partial charge in [0, 0.05) is 0 Å². The van der Waals surface area contributed by atoms with Crippen molar-refractivity contribution in [2.24, 2.45) is 11.3 Å². The summed E-state index contributed by atoms with van der Waals surface area (Å²) >= 11 is 0. The highest BCUT2D eigenvalue weighted by atomic mass is 16.4. The van der Waals surface area contributed by atoms with Crippen LogP contribution in [0.25, 0.3) is 0 Å². The van der Waals surface area contributed by atoms with Crippen molar-refractivity contribution in [2.45, 2.75) is 71.1 Å². The van der Waals surface area contributed by atoms with Crippen LogP contribution in [0.4, 0.5) is 0 Å². The fourth-order valence-electron chi connectivity index (χ4n) is 5.48. The Bertz CT molecular complexity index is 649. The number of hydrogen-bond donors (Lipinski definition) is 2. The standard InChI is InChI=1S/C20H28O3/c1-12(2)17-13-6-9-16-19(3,14(13)7-8-15(17)21)10-5-11-20(16,4)18(22)23/h7-8,12,16,21H,5-6,9-11H2,1-4H3,(H,22,23)/t16-,19-,20+/m0/s1. The molecule has 3 nitrogen and oxygen atoms in total. The van der Waals surface area contributed by atoms with Crippen LogP contribution in [0.3, 0.4) is 0 Å². The third kappa shape index (κ3) is 2.20. The number of rotatable bonds is 2. The quantitative estimate of drug-likeness (QED) is 0.837. The molecule has 0 radical (unpaired) electrons. The van der Waals surface area contributed by atoms with Gasteiger partial charge in [-0.15, -0.1) is 0 Å². The molecule has 3 atom stereocenters. The van der Waals surface area contributed by atoms with Gasteiger partial charge in [0.15, 0.2) is 0 Å². The molecule has 0 amide bonds.